The average Bonchev–Trinajstić information content (AvgIpc) is 2.47. The minimum Gasteiger partial charge on any atom is -0.381 e. The van der Waals surface area contributed by atoms with Crippen molar-refractivity contribution in [3.05, 3.63) is 69.8 Å². The van der Waals surface area contributed by atoms with Crippen LogP contribution in [0.5, 0.6) is 0 Å². The zero-order valence-corrected chi connectivity index (χ0v) is 10.7. The molecule has 0 atom stereocenters. The van der Waals surface area contributed by atoms with Crippen LogP contribution in [0, 0.1) is 21.4 Å². The molecule has 2 rings (SSSR count). The van der Waals surface area contributed by atoms with Crippen LogP contribution in [0.25, 0.3) is 0 Å². The highest BCUT2D eigenvalue weighted by molar-refractivity contribution is 5.46. The van der Waals surface area contributed by atoms with Gasteiger partial charge in [-0.3, -0.25) is 10.1 Å². The molecule has 2 aromatic rings. The Morgan fingerprint density at radius 3 is 2.55 bits per heavy atom. The molecule has 2 aromatic carbocycles. The number of anilines is 1. The Balaban J connectivity index is 2.00. The lowest BCUT2D eigenvalue weighted by atomic mass is 10.1. The number of non-ortho nitro benzene ring substituents is 1. The second-order valence-corrected chi connectivity index (χ2v) is 4.31. The second-order valence-electron chi connectivity index (χ2n) is 4.31. The first-order valence-electron chi connectivity index (χ1n) is 6.12. The monoisotopic (exact) mass is 267 g/mol. The van der Waals surface area contributed by atoms with Gasteiger partial charge < -0.3 is 5.32 Å². The molecule has 5 nitrogen and oxygen atoms in total. The van der Waals surface area contributed by atoms with Crippen molar-refractivity contribution < 1.29 is 4.92 Å². The minimum atomic E-state index is -0.403. The van der Waals surface area contributed by atoms with Crippen LogP contribution in [0.4, 0.5) is 11.4 Å². The molecular formula is C15H13N3O2. The van der Waals surface area contributed by atoms with Crippen molar-refractivity contribution in [2.75, 3.05) is 5.32 Å². The first kappa shape index (κ1) is 13.6. The third-order valence-electron chi connectivity index (χ3n) is 2.86. The first-order valence-corrected chi connectivity index (χ1v) is 6.12. The summed E-state index contributed by atoms with van der Waals surface area (Å²) in [6, 6.07) is 16.2. The third-order valence-corrected chi connectivity index (χ3v) is 2.86. The summed E-state index contributed by atoms with van der Waals surface area (Å²) in [4.78, 5) is 10.3. The molecule has 0 aliphatic rings. The molecule has 0 heterocycles. The molecular weight excluding hydrogens is 254 g/mol. The van der Waals surface area contributed by atoms with E-state index in [0.29, 0.717) is 13.0 Å². The molecule has 5 heteroatoms. The van der Waals surface area contributed by atoms with Gasteiger partial charge in [-0.15, -0.1) is 0 Å². The number of nitro groups is 1. The van der Waals surface area contributed by atoms with Gasteiger partial charge >= 0.3 is 0 Å². The van der Waals surface area contributed by atoms with E-state index in [2.05, 4.69) is 11.4 Å². The standard InChI is InChI=1S/C15H13N3O2/c16-9-8-12-4-6-14(7-5-12)17-11-13-2-1-3-15(10-13)18(19)20/h1-7,10,17H,8,11H2. The molecule has 0 radical (unpaired) electrons. The second kappa shape index (κ2) is 6.34. The lowest BCUT2D eigenvalue weighted by Crippen LogP contribution is -2.00. The molecule has 0 bridgehead atoms. The lowest BCUT2D eigenvalue weighted by molar-refractivity contribution is -0.384. The van der Waals surface area contributed by atoms with Crippen LogP contribution in [0.15, 0.2) is 48.5 Å². The van der Waals surface area contributed by atoms with Gasteiger partial charge in [-0.2, -0.15) is 5.26 Å². The fraction of sp³-hybridized carbons (Fsp3) is 0.133. The van der Waals surface area contributed by atoms with E-state index in [1.807, 2.05) is 30.3 Å². The number of benzene rings is 2. The molecule has 0 aliphatic carbocycles. The molecule has 0 aliphatic heterocycles. The summed E-state index contributed by atoms with van der Waals surface area (Å²) in [5.74, 6) is 0. The summed E-state index contributed by atoms with van der Waals surface area (Å²) < 4.78 is 0. The SMILES string of the molecule is N#CCc1ccc(NCc2cccc([N+](=O)[O-])c2)cc1. The highest BCUT2D eigenvalue weighted by atomic mass is 16.6. The first-order chi connectivity index (χ1) is 9.69. The number of nitriles is 1. The van der Waals surface area contributed by atoms with Gasteiger partial charge in [0.2, 0.25) is 0 Å². The number of nitrogens with zero attached hydrogens (tertiary/aromatic N) is 2. The zero-order chi connectivity index (χ0) is 14.4. The molecule has 0 unspecified atom stereocenters. The van der Waals surface area contributed by atoms with E-state index in [0.717, 1.165) is 16.8 Å². The smallest absolute Gasteiger partial charge is 0.269 e. The van der Waals surface area contributed by atoms with E-state index in [4.69, 9.17) is 5.26 Å². The van der Waals surface area contributed by atoms with Crippen molar-refractivity contribution in [2.45, 2.75) is 13.0 Å². The summed E-state index contributed by atoms with van der Waals surface area (Å²) >= 11 is 0. The Morgan fingerprint density at radius 2 is 1.90 bits per heavy atom. The van der Waals surface area contributed by atoms with Gasteiger partial charge in [-0.05, 0) is 23.3 Å². The predicted octanol–water partition coefficient (Wildman–Crippen LogP) is 3.27. The van der Waals surface area contributed by atoms with Gasteiger partial charge in [0.15, 0.2) is 0 Å². The molecule has 0 spiro atoms. The number of hydrogen-bond donors (Lipinski definition) is 1. The Labute approximate surface area is 116 Å². The third kappa shape index (κ3) is 3.56. The molecule has 0 saturated carbocycles. The summed E-state index contributed by atoms with van der Waals surface area (Å²) in [6.45, 7) is 0.513. The van der Waals surface area contributed by atoms with E-state index in [1.165, 1.54) is 6.07 Å². The normalized spacial score (nSPS) is 9.75. The highest BCUT2D eigenvalue weighted by Crippen LogP contribution is 2.15. The Kier molecular flexibility index (Phi) is 4.30. The number of nitrogens with one attached hydrogen (secondary N) is 1. The number of rotatable bonds is 5. The van der Waals surface area contributed by atoms with Crippen molar-refractivity contribution >= 4 is 11.4 Å². The van der Waals surface area contributed by atoms with Crippen molar-refractivity contribution in [1.29, 1.82) is 5.26 Å². The van der Waals surface area contributed by atoms with Gasteiger partial charge in [0.25, 0.3) is 5.69 Å². The Bertz CT molecular complexity index is 645. The van der Waals surface area contributed by atoms with Crippen LogP contribution < -0.4 is 5.32 Å². The van der Waals surface area contributed by atoms with E-state index >= 15 is 0 Å². The molecule has 100 valence electrons. The summed E-state index contributed by atoms with van der Waals surface area (Å²) in [5.41, 5.74) is 2.82. The van der Waals surface area contributed by atoms with Crippen LogP contribution in [0.3, 0.4) is 0 Å². The molecule has 1 N–H and O–H groups in total. The maximum atomic E-state index is 10.7. The predicted molar refractivity (Wildman–Crippen MR) is 76.2 cm³/mol. The van der Waals surface area contributed by atoms with E-state index in [1.54, 1.807) is 12.1 Å². The van der Waals surface area contributed by atoms with E-state index in [9.17, 15) is 10.1 Å². The fourth-order valence-electron chi connectivity index (χ4n) is 1.82. The Hall–Kier alpha value is -2.87. The van der Waals surface area contributed by atoms with Crippen molar-refractivity contribution in [2.24, 2.45) is 0 Å². The maximum Gasteiger partial charge on any atom is 0.269 e. The summed E-state index contributed by atoms with van der Waals surface area (Å²) in [5, 5.41) is 22.5. The van der Waals surface area contributed by atoms with Gasteiger partial charge in [-0.25, -0.2) is 0 Å². The van der Waals surface area contributed by atoms with Crippen molar-refractivity contribution in [1.82, 2.24) is 0 Å². The minimum absolute atomic E-state index is 0.0914. The molecule has 20 heavy (non-hydrogen) atoms. The topological polar surface area (TPSA) is 79.0 Å². The molecule has 0 amide bonds. The Morgan fingerprint density at radius 1 is 1.15 bits per heavy atom. The fourth-order valence-corrected chi connectivity index (χ4v) is 1.82. The van der Waals surface area contributed by atoms with Crippen LogP contribution in [-0.4, -0.2) is 4.92 Å². The van der Waals surface area contributed by atoms with Crippen LogP contribution in [0.1, 0.15) is 11.1 Å². The average molecular weight is 267 g/mol. The van der Waals surface area contributed by atoms with Crippen molar-refractivity contribution in [3.8, 4) is 6.07 Å². The molecule has 0 aromatic heterocycles. The largest absolute Gasteiger partial charge is 0.381 e. The zero-order valence-electron chi connectivity index (χ0n) is 10.7. The maximum absolute atomic E-state index is 10.7. The highest BCUT2D eigenvalue weighted by Gasteiger charge is 2.05. The van der Waals surface area contributed by atoms with Crippen LogP contribution in [-0.2, 0) is 13.0 Å². The molecule has 0 saturated heterocycles. The number of nitro benzene ring substituents is 1. The summed E-state index contributed by atoms with van der Waals surface area (Å²) in [6.07, 6.45) is 0.394. The van der Waals surface area contributed by atoms with E-state index < -0.39 is 4.92 Å². The van der Waals surface area contributed by atoms with Gasteiger partial charge in [0, 0.05) is 24.4 Å². The summed E-state index contributed by atoms with van der Waals surface area (Å²) in [7, 11) is 0. The van der Waals surface area contributed by atoms with Crippen molar-refractivity contribution in [3.63, 3.8) is 0 Å². The quantitative estimate of drug-likeness (QED) is 0.666. The van der Waals surface area contributed by atoms with Gasteiger partial charge in [-0.1, -0.05) is 24.3 Å². The van der Waals surface area contributed by atoms with Gasteiger partial charge in [0.1, 0.15) is 0 Å². The van der Waals surface area contributed by atoms with E-state index in [-0.39, 0.29) is 5.69 Å². The number of hydrogen-bond acceptors (Lipinski definition) is 4. The van der Waals surface area contributed by atoms with Crippen LogP contribution >= 0.6 is 0 Å². The van der Waals surface area contributed by atoms with Gasteiger partial charge in [0.05, 0.1) is 17.4 Å². The molecule has 0 fully saturated rings. The lowest BCUT2D eigenvalue weighted by Gasteiger charge is -2.07. The van der Waals surface area contributed by atoms with Crippen LogP contribution in [0.2, 0.25) is 0 Å².